The summed E-state index contributed by atoms with van der Waals surface area (Å²) in [4.78, 5) is 12.1. The molecule has 0 radical (unpaired) electrons. The number of thioether (sulfide) groups is 1. The highest BCUT2D eigenvalue weighted by Crippen LogP contribution is 2.29. The first-order valence-electron chi connectivity index (χ1n) is 5.97. The first kappa shape index (κ1) is 14.2. The summed E-state index contributed by atoms with van der Waals surface area (Å²) in [5.41, 5.74) is 0.439. The third kappa shape index (κ3) is 4.16. The Hall–Kier alpha value is -1.17. The van der Waals surface area contributed by atoms with E-state index in [-0.39, 0.29) is 16.8 Å². The van der Waals surface area contributed by atoms with E-state index in [2.05, 4.69) is 4.74 Å². The van der Waals surface area contributed by atoms with Crippen molar-refractivity contribution in [2.24, 2.45) is 0 Å². The van der Waals surface area contributed by atoms with Gasteiger partial charge in [-0.15, -0.1) is 13.2 Å². The zero-order valence-electron chi connectivity index (χ0n) is 10.1. The van der Waals surface area contributed by atoms with E-state index in [9.17, 15) is 18.0 Å². The van der Waals surface area contributed by atoms with Crippen LogP contribution in [0.3, 0.4) is 0 Å². The summed E-state index contributed by atoms with van der Waals surface area (Å²) in [6, 6.07) is 5.12. The van der Waals surface area contributed by atoms with Crippen LogP contribution in [0.4, 0.5) is 13.2 Å². The van der Waals surface area contributed by atoms with Gasteiger partial charge in [0, 0.05) is 5.56 Å². The largest absolute Gasteiger partial charge is 0.573 e. The molecule has 104 valence electrons. The van der Waals surface area contributed by atoms with Crippen molar-refractivity contribution in [3.05, 3.63) is 29.8 Å². The summed E-state index contributed by atoms with van der Waals surface area (Å²) in [5, 5.41) is -0.0665. The monoisotopic (exact) mass is 290 g/mol. The van der Waals surface area contributed by atoms with Gasteiger partial charge in [0.05, 0.1) is 5.25 Å². The van der Waals surface area contributed by atoms with Crippen LogP contribution < -0.4 is 4.74 Å². The molecule has 1 heterocycles. The molecule has 0 saturated carbocycles. The van der Waals surface area contributed by atoms with Gasteiger partial charge in [0.25, 0.3) is 0 Å². The van der Waals surface area contributed by atoms with Crippen molar-refractivity contribution >= 4 is 17.5 Å². The van der Waals surface area contributed by atoms with Gasteiger partial charge in [-0.3, -0.25) is 4.79 Å². The zero-order valence-corrected chi connectivity index (χ0v) is 10.9. The molecule has 1 saturated heterocycles. The highest BCUT2D eigenvalue weighted by Gasteiger charge is 2.31. The highest BCUT2D eigenvalue weighted by atomic mass is 32.2. The summed E-state index contributed by atoms with van der Waals surface area (Å²) in [5.74, 6) is 0.648. The number of ether oxygens (including phenoxy) is 1. The topological polar surface area (TPSA) is 26.3 Å². The first-order valence-corrected chi connectivity index (χ1v) is 7.02. The molecule has 0 aromatic heterocycles. The smallest absolute Gasteiger partial charge is 0.406 e. The van der Waals surface area contributed by atoms with Gasteiger partial charge in [0.15, 0.2) is 5.78 Å². The van der Waals surface area contributed by atoms with Gasteiger partial charge >= 0.3 is 6.36 Å². The number of rotatable bonds is 3. The van der Waals surface area contributed by atoms with Crippen molar-refractivity contribution in [1.82, 2.24) is 0 Å². The van der Waals surface area contributed by atoms with Gasteiger partial charge in [-0.05, 0) is 42.9 Å². The number of hydrogen-bond acceptors (Lipinski definition) is 3. The Morgan fingerprint density at radius 1 is 1.21 bits per heavy atom. The van der Waals surface area contributed by atoms with E-state index >= 15 is 0 Å². The van der Waals surface area contributed by atoms with Crippen LogP contribution in [-0.2, 0) is 0 Å². The minimum absolute atomic E-state index is 0.0109. The third-order valence-corrected chi connectivity index (χ3v) is 4.22. The van der Waals surface area contributed by atoms with Crippen molar-refractivity contribution in [2.75, 3.05) is 5.75 Å². The molecule has 0 aliphatic carbocycles. The van der Waals surface area contributed by atoms with Crippen LogP contribution in [0.15, 0.2) is 24.3 Å². The molecule has 2 rings (SSSR count). The molecule has 1 aliphatic heterocycles. The predicted molar refractivity (Wildman–Crippen MR) is 67.6 cm³/mol. The van der Waals surface area contributed by atoms with E-state index < -0.39 is 6.36 Å². The van der Waals surface area contributed by atoms with Gasteiger partial charge in [-0.2, -0.15) is 11.8 Å². The van der Waals surface area contributed by atoms with Gasteiger partial charge in [0.2, 0.25) is 0 Å². The minimum Gasteiger partial charge on any atom is -0.406 e. The molecule has 1 aromatic carbocycles. The molecule has 1 unspecified atom stereocenters. The number of Topliss-reactive ketones (excluding diaryl/α,β-unsaturated/α-hetero) is 1. The molecule has 0 bridgehead atoms. The van der Waals surface area contributed by atoms with Crippen LogP contribution in [0, 0.1) is 0 Å². The van der Waals surface area contributed by atoms with Crippen LogP contribution in [0.5, 0.6) is 5.75 Å². The lowest BCUT2D eigenvalue weighted by atomic mass is 10.0. The molecule has 1 atom stereocenters. The summed E-state index contributed by atoms with van der Waals surface area (Å²) >= 11 is 1.62. The van der Waals surface area contributed by atoms with Gasteiger partial charge < -0.3 is 4.74 Å². The Labute approximate surface area is 113 Å². The van der Waals surface area contributed by atoms with Gasteiger partial charge in [-0.1, -0.05) is 6.42 Å². The van der Waals surface area contributed by atoms with Gasteiger partial charge in [-0.25, -0.2) is 0 Å². The third-order valence-electron chi connectivity index (χ3n) is 2.84. The van der Waals surface area contributed by atoms with E-state index in [1.165, 1.54) is 24.3 Å². The second-order valence-corrected chi connectivity index (χ2v) is 5.60. The molecule has 1 aromatic rings. The fourth-order valence-corrected chi connectivity index (χ4v) is 3.23. The lowest BCUT2D eigenvalue weighted by Crippen LogP contribution is -2.21. The number of carbonyl (C=O) groups is 1. The van der Waals surface area contributed by atoms with E-state index in [4.69, 9.17) is 0 Å². The second-order valence-electron chi connectivity index (χ2n) is 4.29. The summed E-state index contributed by atoms with van der Waals surface area (Å²) < 4.78 is 39.8. The van der Waals surface area contributed by atoms with Crippen molar-refractivity contribution in [3.8, 4) is 5.75 Å². The van der Waals surface area contributed by atoms with Crippen LogP contribution in [0.1, 0.15) is 29.6 Å². The van der Waals surface area contributed by atoms with Crippen LogP contribution in [0.2, 0.25) is 0 Å². The molecular weight excluding hydrogens is 277 g/mol. The minimum atomic E-state index is -4.70. The number of ketones is 1. The maximum Gasteiger partial charge on any atom is 0.573 e. The van der Waals surface area contributed by atoms with E-state index in [1.807, 2.05) is 0 Å². The molecule has 1 fully saturated rings. The summed E-state index contributed by atoms with van der Waals surface area (Å²) in [7, 11) is 0. The Morgan fingerprint density at radius 2 is 1.89 bits per heavy atom. The van der Waals surface area contributed by atoms with E-state index in [0.717, 1.165) is 25.0 Å². The Balaban J connectivity index is 2.03. The summed E-state index contributed by atoms with van der Waals surface area (Å²) in [6.07, 6.45) is -1.72. The maximum atomic E-state index is 12.1. The Kier molecular flexibility index (Phi) is 4.39. The van der Waals surface area contributed by atoms with Gasteiger partial charge in [0.1, 0.15) is 5.75 Å². The second kappa shape index (κ2) is 5.86. The van der Waals surface area contributed by atoms with Crippen molar-refractivity contribution in [2.45, 2.75) is 30.9 Å². The first-order chi connectivity index (χ1) is 8.96. The van der Waals surface area contributed by atoms with Crippen molar-refractivity contribution < 1.29 is 22.7 Å². The molecule has 0 N–H and O–H groups in total. The molecular formula is C13H13F3O2S. The lowest BCUT2D eigenvalue weighted by molar-refractivity contribution is -0.274. The number of carbonyl (C=O) groups excluding carboxylic acids is 1. The zero-order chi connectivity index (χ0) is 13.9. The quantitative estimate of drug-likeness (QED) is 0.785. The molecule has 0 amide bonds. The van der Waals surface area contributed by atoms with E-state index in [1.54, 1.807) is 11.8 Å². The normalized spacial score (nSPS) is 20.1. The van der Waals surface area contributed by atoms with Crippen molar-refractivity contribution in [1.29, 1.82) is 0 Å². The Bertz CT molecular complexity index is 436. The number of benzene rings is 1. The lowest BCUT2D eigenvalue weighted by Gasteiger charge is -2.20. The molecule has 1 aliphatic rings. The standard InChI is InChI=1S/C13H13F3O2S/c14-13(15,16)18-10-6-4-9(5-7-10)12(17)11-3-1-2-8-19-11/h4-7,11H,1-3,8H2. The van der Waals surface area contributed by atoms with Crippen LogP contribution in [-0.4, -0.2) is 23.1 Å². The number of halogens is 3. The Morgan fingerprint density at radius 3 is 2.42 bits per heavy atom. The predicted octanol–water partition coefficient (Wildman–Crippen LogP) is 4.05. The number of alkyl halides is 3. The highest BCUT2D eigenvalue weighted by molar-refractivity contribution is 8.00. The average molecular weight is 290 g/mol. The maximum absolute atomic E-state index is 12.1. The number of hydrogen-bond donors (Lipinski definition) is 0. The molecule has 19 heavy (non-hydrogen) atoms. The van der Waals surface area contributed by atoms with Crippen LogP contribution >= 0.6 is 11.8 Å². The fraction of sp³-hybridized carbons (Fsp3) is 0.462. The fourth-order valence-electron chi connectivity index (χ4n) is 1.95. The van der Waals surface area contributed by atoms with Crippen LogP contribution in [0.25, 0.3) is 0 Å². The summed E-state index contributed by atoms with van der Waals surface area (Å²) in [6.45, 7) is 0. The average Bonchev–Trinajstić information content (AvgIpc) is 2.38. The SMILES string of the molecule is O=C(c1ccc(OC(F)(F)F)cc1)C1CCCCS1. The molecule has 0 spiro atoms. The van der Waals surface area contributed by atoms with E-state index in [0.29, 0.717) is 5.56 Å². The van der Waals surface area contributed by atoms with Crippen molar-refractivity contribution in [3.63, 3.8) is 0 Å². The molecule has 6 heteroatoms. The molecule has 2 nitrogen and oxygen atoms in total.